The third-order valence-electron chi connectivity index (χ3n) is 3.34. The van der Waals surface area contributed by atoms with Gasteiger partial charge < -0.3 is 14.6 Å². The molecule has 1 aromatic heterocycles. The third-order valence-corrected chi connectivity index (χ3v) is 3.34. The number of phenols is 1. The molecule has 0 saturated heterocycles. The van der Waals surface area contributed by atoms with Crippen LogP contribution in [0.3, 0.4) is 0 Å². The quantitative estimate of drug-likeness (QED) is 0.655. The van der Waals surface area contributed by atoms with Crippen molar-refractivity contribution < 1.29 is 19.4 Å². The van der Waals surface area contributed by atoms with E-state index in [1.54, 1.807) is 35.3 Å². The van der Waals surface area contributed by atoms with Gasteiger partial charge in [-0.2, -0.15) is 5.10 Å². The van der Waals surface area contributed by atoms with Crippen LogP contribution in [-0.2, 0) is 0 Å². The number of allylic oxidation sites excluding steroid dienone is 1. The molecular weight excluding hydrogens is 296 g/mol. The number of hydrogen-bond donors (Lipinski definition) is 1. The van der Waals surface area contributed by atoms with Crippen LogP contribution in [0.5, 0.6) is 17.2 Å². The van der Waals surface area contributed by atoms with Crippen LogP contribution in [0.25, 0.3) is 6.08 Å². The number of benzene rings is 1. The van der Waals surface area contributed by atoms with Crippen molar-refractivity contribution >= 4 is 11.9 Å². The molecule has 0 atom stereocenters. The summed E-state index contributed by atoms with van der Waals surface area (Å²) in [6.45, 7) is 3.98. The van der Waals surface area contributed by atoms with Crippen molar-refractivity contribution in [2.24, 2.45) is 0 Å². The number of ketones is 1. The zero-order valence-electron chi connectivity index (χ0n) is 13.6. The normalized spacial score (nSPS) is 11.2. The highest BCUT2D eigenvalue weighted by Gasteiger charge is 2.11. The van der Waals surface area contributed by atoms with Gasteiger partial charge >= 0.3 is 0 Å². The Balaban J connectivity index is 2.23. The van der Waals surface area contributed by atoms with Crippen LogP contribution in [0.4, 0.5) is 0 Å². The minimum atomic E-state index is -0.150. The molecule has 0 aliphatic rings. The minimum absolute atomic E-state index is 0.0725. The Labute approximate surface area is 135 Å². The molecule has 0 bridgehead atoms. The molecule has 1 aromatic carbocycles. The van der Waals surface area contributed by atoms with Crippen LogP contribution >= 0.6 is 0 Å². The Bertz CT molecular complexity index is 707. The van der Waals surface area contributed by atoms with E-state index in [-0.39, 0.29) is 29.1 Å². The van der Waals surface area contributed by atoms with Gasteiger partial charge in [0, 0.05) is 12.2 Å². The molecule has 0 aliphatic heterocycles. The number of rotatable bonds is 6. The predicted octanol–water partition coefficient (Wildman–Crippen LogP) is 3.08. The summed E-state index contributed by atoms with van der Waals surface area (Å²) in [5.41, 5.74) is 1.20. The summed E-state index contributed by atoms with van der Waals surface area (Å²) >= 11 is 0. The molecule has 0 amide bonds. The van der Waals surface area contributed by atoms with E-state index < -0.39 is 0 Å². The van der Waals surface area contributed by atoms with Crippen molar-refractivity contribution in [3.63, 3.8) is 0 Å². The van der Waals surface area contributed by atoms with Crippen LogP contribution in [0.2, 0.25) is 0 Å². The van der Waals surface area contributed by atoms with Gasteiger partial charge in [0.2, 0.25) is 5.75 Å². The Morgan fingerprint density at radius 3 is 2.35 bits per heavy atom. The molecule has 1 N–H and O–H groups in total. The molecule has 0 spiro atoms. The Kier molecular flexibility index (Phi) is 5.05. The fourth-order valence-electron chi connectivity index (χ4n) is 2.03. The number of aromatic nitrogens is 2. The highest BCUT2D eigenvalue weighted by atomic mass is 16.5. The van der Waals surface area contributed by atoms with Gasteiger partial charge in [0.05, 0.1) is 26.0 Å². The molecule has 0 radical (unpaired) electrons. The molecule has 1 heterocycles. The van der Waals surface area contributed by atoms with Gasteiger partial charge in [0.1, 0.15) is 0 Å². The summed E-state index contributed by atoms with van der Waals surface area (Å²) in [6, 6.07) is 3.45. The Morgan fingerprint density at radius 2 is 1.87 bits per heavy atom. The zero-order chi connectivity index (χ0) is 17.0. The summed E-state index contributed by atoms with van der Waals surface area (Å²) in [6.07, 6.45) is 6.35. The standard InChI is InChI=1S/C17H20N2O4/c1-11(2)19-10-13(9-18-19)14(20)6-5-12-7-15(22-3)17(21)16(8-12)23-4/h5-11,21H,1-4H3/b6-5-. The molecule has 2 aromatic rings. The number of nitrogens with zero attached hydrogens (tertiary/aromatic N) is 2. The van der Waals surface area contributed by atoms with E-state index in [4.69, 9.17) is 9.47 Å². The van der Waals surface area contributed by atoms with Crippen LogP contribution in [0.15, 0.2) is 30.6 Å². The lowest BCUT2D eigenvalue weighted by atomic mass is 10.1. The average Bonchev–Trinajstić information content (AvgIpc) is 3.03. The highest BCUT2D eigenvalue weighted by molar-refractivity contribution is 6.06. The van der Waals surface area contributed by atoms with E-state index in [0.29, 0.717) is 11.1 Å². The number of phenolic OH excluding ortho intramolecular Hbond substituents is 1. The van der Waals surface area contributed by atoms with Crippen molar-refractivity contribution in [1.29, 1.82) is 0 Å². The van der Waals surface area contributed by atoms with Gasteiger partial charge in [-0.1, -0.05) is 6.08 Å². The monoisotopic (exact) mass is 316 g/mol. The first kappa shape index (κ1) is 16.6. The van der Waals surface area contributed by atoms with Gasteiger partial charge in [0.25, 0.3) is 0 Å². The number of carbonyl (C=O) groups is 1. The van der Waals surface area contributed by atoms with Gasteiger partial charge in [-0.3, -0.25) is 9.48 Å². The first-order valence-electron chi connectivity index (χ1n) is 7.17. The van der Waals surface area contributed by atoms with Crippen LogP contribution in [0, 0.1) is 0 Å². The fourth-order valence-corrected chi connectivity index (χ4v) is 2.03. The molecule has 0 aliphatic carbocycles. The predicted molar refractivity (Wildman–Crippen MR) is 87.2 cm³/mol. The van der Waals surface area contributed by atoms with Crippen LogP contribution < -0.4 is 9.47 Å². The third kappa shape index (κ3) is 3.71. The summed E-state index contributed by atoms with van der Waals surface area (Å²) in [4.78, 5) is 12.2. The SMILES string of the molecule is COc1cc(/C=C\C(=O)c2cnn(C(C)C)c2)cc(OC)c1O. The number of carbonyl (C=O) groups excluding carboxylic acids is 1. The topological polar surface area (TPSA) is 73.6 Å². The Morgan fingerprint density at radius 1 is 1.26 bits per heavy atom. The van der Waals surface area contributed by atoms with Crippen molar-refractivity contribution in [1.82, 2.24) is 9.78 Å². The van der Waals surface area contributed by atoms with Gasteiger partial charge in [-0.15, -0.1) is 0 Å². The zero-order valence-corrected chi connectivity index (χ0v) is 13.6. The molecule has 0 unspecified atom stereocenters. The molecule has 122 valence electrons. The smallest absolute Gasteiger partial charge is 0.200 e. The Hall–Kier alpha value is -2.76. The van der Waals surface area contributed by atoms with E-state index in [2.05, 4.69) is 5.10 Å². The summed E-state index contributed by atoms with van der Waals surface area (Å²) in [5, 5.41) is 14.0. The van der Waals surface area contributed by atoms with E-state index >= 15 is 0 Å². The van der Waals surface area contributed by atoms with Gasteiger partial charge in [-0.25, -0.2) is 0 Å². The fraction of sp³-hybridized carbons (Fsp3) is 0.294. The minimum Gasteiger partial charge on any atom is -0.502 e. The molecule has 0 saturated carbocycles. The lowest BCUT2D eigenvalue weighted by Gasteiger charge is -2.09. The van der Waals surface area contributed by atoms with E-state index in [9.17, 15) is 9.90 Å². The summed E-state index contributed by atoms with van der Waals surface area (Å²) < 4.78 is 11.9. The summed E-state index contributed by atoms with van der Waals surface area (Å²) in [7, 11) is 2.90. The summed E-state index contributed by atoms with van der Waals surface area (Å²) in [5.74, 6) is 0.341. The second-order valence-electron chi connectivity index (χ2n) is 5.27. The lowest BCUT2D eigenvalue weighted by molar-refractivity contribution is 0.104. The first-order chi connectivity index (χ1) is 11.0. The average molecular weight is 316 g/mol. The maximum Gasteiger partial charge on any atom is 0.200 e. The molecule has 6 heteroatoms. The van der Waals surface area contributed by atoms with Gasteiger partial charge in [-0.05, 0) is 37.6 Å². The largest absolute Gasteiger partial charge is 0.502 e. The highest BCUT2D eigenvalue weighted by Crippen LogP contribution is 2.37. The van der Waals surface area contributed by atoms with Crippen molar-refractivity contribution in [2.45, 2.75) is 19.9 Å². The second kappa shape index (κ2) is 7.00. The molecule has 23 heavy (non-hydrogen) atoms. The van der Waals surface area contributed by atoms with E-state index in [1.165, 1.54) is 20.3 Å². The number of hydrogen-bond acceptors (Lipinski definition) is 5. The van der Waals surface area contributed by atoms with E-state index in [1.807, 2.05) is 13.8 Å². The van der Waals surface area contributed by atoms with Gasteiger partial charge in [0.15, 0.2) is 17.3 Å². The number of methoxy groups -OCH3 is 2. The maximum atomic E-state index is 12.2. The van der Waals surface area contributed by atoms with Crippen LogP contribution in [-0.4, -0.2) is 34.9 Å². The van der Waals surface area contributed by atoms with E-state index in [0.717, 1.165) is 0 Å². The molecular formula is C17H20N2O4. The molecule has 0 fully saturated rings. The first-order valence-corrected chi connectivity index (χ1v) is 7.17. The van der Waals surface area contributed by atoms with Crippen molar-refractivity contribution in [3.8, 4) is 17.2 Å². The van der Waals surface area contributed by atoms with Crippen molar-refractivity contribution in [2.75, 3.05) is 14.2 Å². The van der Waals surface area contributed by atoms with Crippen LogP contribution in [0.1, 0.15) is 35.8 Å². The molecule has 2 rings (SSSR count). The van der Waals surface area contributed by atoms with Crippen molar-refractivity contribution in [3.05, 3.63) is 41.7 Å². The lowest BCUT2D eigenvalue weighted by Crippen LogP contribution is -2.00. The number of aromatic hydroxyl groups is 1. The number of ether oxygens (including phenoxy) is 2. The molecule has 6 nitrogen and oxygen atoms in total. The second-order valence-corrected chi connectivity index (χ2v) is 5.27. The maximum absolute atomic E-state index is 12.2.